The predicted molar refractivity (Wildman–Crippen MR) is 143 cm³/mol. The van der Waals surface area contributed by atoms with Gasteiger partial charge in [-0.05, 0) is 61.9 Å². The zero-order valence-electron chi connectivity index (χ0n) is 19.5. The van der Waals surface area contributed by atoms with Gasteiger partial charge in [-0.3, -0.25) is 10.2 Å². The second-order valence-corrected chi connectivity index (χ2v) is 10.4. The van der Waals surface area contributed by atoms with Crippen LogP contribution in [0, 0.1) is 5.92 Å². The zero-order chi connectivity index (χ0) is 24.2. The van der Waals surface area contributed by atoms with E-state index in [1.807, 2.05) is 42.3 Å². The minimum absolute atomic E-state index is 0.186. The number of benzene rings is 2. The Morgan fingerprint density at radius 1 is 1.12 bits per heavy atom. The Morgan fingerprint density at radius 2 is 1.88 bits per heavy atom. The molecule has 3 aromatic rings. The molecule has 1 unspecified atom stereocenters. The van der Waals surface area contributed by atoms with Crippen LogP contribution in [0.2, 0.25) is 10.0 Å². The van der Waals surface area contributed by atoms with Crippen molar-refractivity contribution in [3.63, 3.8) is 0 Å². The average Bonchev–Trinajstić information content (AvgIpc) is 3.05. The maximum Gasteiger partial charge on any atom is 0.286 e. The first-order valence-corrected chi connectivity index (χ1v) is 13.3. The van der Waals surface area contributed by atoms with Crippen molar-refractivity contribution in [1.29, 1.82) is 0 Å². The fourth-order valence-corrected chi connectivity index (χ4v) is 5.33. The second-order valence-electron chi connectivity index (χ2n) is 8.68. The molecule has 1 atom stereocenters. The van der Waals surface area contributed by atoms with Gasteiger partial charge in [-0.25, -0.2) is 9.69 Å². The zero-order valence-corrected chi connectivity index (χ0v) is 22.6. The fraction of sp³-hybridized carbons (Fsp3) is 0.385. The number of aromatic nitrogens is 2. The Labute approximate surface area is 219 Å². The lowest BCUT2D eigenvalue weighted by Gasteiger charge is -2.20. The predicted octanol–water partition coefficient (Wildman–Crippen LogP) is 7.33. The van der Waals surface area contributed by atoms with E-state index in [0.29, 0.717) is 27.8 Å². The van der Waals surface area contributed by atoms with Gasteiger partial charge >= 0.3 is 0 Å². The summed E-state index contributed by atoms with van der Waals surface area (Å²) in [5.74, 6) is 0.539. The molecule has 1 fully saturated rings. The van der Waals surface area contributed by atoms with Gasteiger partial charge in [0.25, 0.3) is 5.91 Å². The summed E-state index contributed by atoms with van der Waals surface area (Å²) >= 11 is 16.2. The molecule has 8 heteroatoms. The number of hydrogen-bond acceptors (Lipinski definition) is 3. The van der Waals surface area contributed by atoms with Crippen LogP contribution in [0.1, 0.15) is 55.6 Å². The SMILES string of the molecule is CCc1c(C(=O)NN2CCCC(CC)CC2)nn(-c2ccc(Cl)cc2Cl)c1-c1ccc(Br)cc1. The summed E-state index contributed by atoms with van der Waals surface area (Å²) in [6.07, 6.45) is 5.22. The summed E-state index contributed by atoms with van der Waals surface area (Å²) in [6, 6.07) is 13.3. The minimum atomic E-state index is -0.186. The van der Waals surface area contributed by atoms with E-state index >= 15 is 0 Å². The van der Waals surface area contributed by atoms with Crippen LogP contribution in [0.15, 0.2) is 46.9 Å². The molecule has 4 rings (SSSR count). The standard InChI is InChI=1S/C26H29BrCl2N4O/c1-3-17-6-5-14-32(15-13-17)31-26(34)24-21(4-2)25(18-7-9-19(27)10-8-18)33(30-24)23-12-11-20(28)16-22(23)29/h7-12,16-17H,3-6,13-15H2,1-2H3,(H,31,34). The second kappa shape index (κ2) is 11.3. The van der Waals surface area contributed by atoms with Gasteiger partial charge in [0.15, 0.2) is 5.69 Å². The maximum atomic E-state index is 13.5. The Bertz CT molecular complexity index is 1160. The number of nitrogens with zero attached hydrogens (tertiary/aromatic N) is 3. The third-order valence-electron chi connectivity index (χ3n) is 6.49. The van der Waals surface area contributed by atoms with Crippen LogP contribution in [0.5, 0.6) is 0 Å². The molecular weight excluding hydrogens is 535 g/mol. The van der Waals surface area contributed by atoms with Crippen LogP contribution in [0.4, 0.5) is 0 Å². The molecule has 0 spiro atoms. The van der Waals surface area contributed by atoms with E-state index in [1.165, 1.54) is 12.8 Å². The topological polar surface area (TPSA) is 50.2 Å². The molecule has 1 N–H and O–H groups in total. The molecule has 0 aliphatic carbocycles. The van der Waals surface area contributed by atoms with Crippen molar-refractivity contribution in [3.8, 4) is 16.9 Å². The third-order valence-corrected chi connectivity index (χ3v) is 7.56. The number of rotatable bonds is 6. The maximum absolute atomic E-state index is 13.5. The Morgan fingerprint density at radius 3 is 2.56 bits per heavy atom. The summed E-state index contributed by atoms with van der Waals surface area (Å²) < 4.78 is 2.75. The van der Waals surface area contributed by atoms with Gasteiger partial charge in [0.2, 0.25) is 0 Å². The van der Waals surface area contributed by atoms with Crippen molar-refractivity contribution in [2.24, 2.45) is 5.92 Å². The molecule has 1 amide bonds. The van der Waals surface area contributed by atoms with E-state index in [0.717, 1.165) is 53.1 Å². The Hall–Kier alpha value is -1.86. The number of halogens is 3. The van der Waals surface area contributed by atoms with Gasteiger partial charge in [0.05, 0.1) is 16.4 Å². The molecule has 0 bridgehead atoms. The highest BCUT2D eigenvalue weighted by Gasteiger charge is 2.26. The van der Waals surface area contributed by atoms with Crippen LogP contribution < -0.4 is 5.43 Å². The number of carbonyl (C=O) groups is 1. The van der Waals surface area contributed by atoms with Crippen molar-refractivity contribution in [2.75, 3.05) is 13.1 Å². The fourth-order valence-electron chi connectivity index (χ4n) is 4.58. The average molecular weight is 564 g/mol. The molecule has 2 aromatic carbocycles. The molecule has 34 heavy (non-hydrogen) atoms. The van der Waals surface area contributed by atoms with E-state index in [2.05, 4.69) is 28.3 Å². The van der Waals surface area contributed by atoms with Gasteiger partial charge in [0.1, 0.15) is 0 Å². The quantitative estimate of drug-likeness (QED) is 0.341. The van der Waals surface area contributed by atoms with E-state index < -0.39 is 0 Å². The van der Waals surface area contributed by atoms with Crippen LogP contribution >= 0.6 is 39.1 Å². The van der Waals surface area contributed by atoms with Crippen molar-refractivity contribution in [3.05, 3.63) is 68.2 Å². The number of hydrogen-bond donors (Lipinski definition) is 1. The first kappa shape index (κ1) is 25.2. The summed E-state index contributed by atoms with van der Waals surface area (Å²) in [5.41, 5.74) is 6.92. The lowest BCUT2D eigenvalue weighted by Crippen LogP contribution is -2.43. The molecule has 5 nitrogen and oxygen atoms in total. The van der Waals surface area contributed by atoms with Crippen LogP contribution in [-0.2, 0) is 6.42 Å². The molecular formula is C26H29BrCl2N4O. The number of amides is 1. The van der Waals surface area contributed by atoms with Crippen molar-refractivity contribution in [2.45, 2.75) is 46.0 Å². The van der Waals surface area contributed by atoms with Gasteiger partial charge in [-0.15, -0.1) is 0 Å². The van der Waals surface area contributed by atoms with Gasteiger partial charge < -0.3 is 0 Å². The van der Waals surface area contributed by atoms with Gasteiger partial charge in [0, 0.05) is 33.7 Å². The molecule has 1 aliphatic rings. The van der Waals surface area contributed by atoms with Crippen LogP contribution in [0.3, 0.4) is 0 Å². The van der Waals surface area contributed by atoms with E-state index in [1.54, 1.807) is 16.8 Å². The third kappa shape index (κ3) is 5.51. The van der Waals surface area contributed by atoms with E-state index in [9.17, 15) is 4.79 Å². The molecule has 180 valence electrons. The monoisotopic (exact) mass is 562 g/mol. The number of carbonyl (C=O) groups excluding carboxylic acids is 1. The van der Waals surface area contributed by atoms with Crippen LogP contribution in [0.25, 0.3) is 16.9 Å². The molecule has 1 aliphatic heterocycles. The van der Waals surface area contributed by atoms with Crippen molar-refractivity contribution in [1.82, 2.24) is 20.2 Å². The highest BCUT2D eigenvalue weighted by molar-refractivity contribution is 9.10. The summed E-state index contributed by atoms with van der Waals surface area (Å²) in [6.45, 7) is 5.99. The highest BCUT2D eigenvalue weighted by Crippen LogP contribution is 2.34. The molecule has 1 aromatic heterocycles. The van der Waals surface area contributed by atoms with E-state index in [-0.39, 0.29) is 5.91 Å². The molecule has 1 saturated heterocycles. The van der Waals surface area contributed by atoms with Gasteiger partial charge in [-0.1, -0.05) is 71.5 Å². The smallest absolute Gasteiger partial charge is 0.283 e. The first-order valence-electron chi connectivity index (χ1n) is 11.8. The minimum Gasteiger partial charge on any atom is -0.283 e. The van der Waals surface area contributed by atoms with Crippen molar-refractivity contribution >= 4 is 45.0 Å². The number of nitrogens with one attached hydrogen (secondary N) is 1. The molecule has 0 radical (unpaired) electrons. The largest absolute Gasteiger partial charge is 0.286 e. The molecule has 2 heterocycles. The lowest BCUT2D eigenvalue weighted by atomic mass is 9.98. The highest BCUT2D eigenvalue weighted by atomic mass is 79.9. The summed E-state index contributed by atoms with van der Waals surface area (Å²) in [4.78, 5) is 13.5. The van der Waals surface area contributed by atoms with Crippen molar-refractivity contribution < 1.29 is 4.79 Å². The Balaban J connectivity index is 1.75. The van der Waals surface area contributed by atoms with Crippen LogP contribution in [-0.4, -0.2) is 33.8 Å². The van der Waals surface area contributed by atoms with Gasteiger partial charge in [-0.2, -0.15) is 5.10 Å². The summed E-state index contributed by atoms with van der Waals surface area (Å²) in [7, 11) is 0. The Kier molecular flexibility index (Phi) is 8.35. The number of hydrazine groups is 1. The summed E-state index contributed by atoms with van der Waals surface area (Å²) in [5, 5.41) is 7.87. The first-order chi connectivity index (χ1) is 16.4. The normalized spacial score (nSPS) is 16.9. The lowest BCUT2D eigenvalue weighted by molar-refractivity contribution is 0.0785. The van der Waals surface area contributed by atoms with E-state index in [4.69, 9.17) is 28.3 Å². The molecule has 0 saturated carbocycles.